The monoisotopic (exact) mass is 384 g/mol. The van der Waals surface area contributed by atoms with Crippen molar-refractivity contribution >= 4 is 39.8 Å². The van der Waals surface area contributed by atoms with E-state index in [1.54, 1.807) is 0 Å². The number of nitrogens with one attached hydrogen (secondary N) is 3. The molecular formula is C21H20N8. The highest BCUT2D eigenvalue weighted by Gasteiger charge is 2.10. The van der Waals surface area contributed by atoms with Gasteiger partial charge in [0.25, 0.3) is 0 Å². The third-order valence-electron chi connectivity index (χ3n) is 4.74. The Balaban J connectivity index is 1.37. The minimum absolute atomic E-state index is 0.496. The molecule has 5 aromatic rings. The van der Waals surface area contributed by atoms with E-state index in [-0.39, 0.29) is 0 Å². The number of H-pyrrole nitrogens is 1. The molecule has 0 aliphatic rings. The number of rotatable bonds is 5. The Bertz CT molecular complexity index is 1280. The molecule has 3 heterocycles. The van der Waals surface area contributed by atoms with Gasteiger partial charge in [-0.05, 0) is 31.2 Å². The van der Waals surface area contributed by atoms with Crippen molar-refractivity contribution in [3.05, 3.63) is 66.1 Å². The summed E-state index contributed by atoms with van der Waals surface area (Å²) in [6, 6.07) is 17.9. The van der Waals surface area contributed by atoms with Crippen LogP contribution in [0.15, 0.2) is 54.6 Å². The van der Waals surface area contributed by atoms with E-state index < -0.39 is 0 Å². The predicted octanol–water partition coefficient (Wildman–Crippen LogP) is 3.90. The maximum atomic E-state index is 4.62. The summed E-state index contributed by atoms with van der Waals surface area (Å²) in [4.78, 5) is 21.6. The lowest BCUT2D eigenvalue weighted by Crippen LogP contribution is -2.08. The summed E-state index contributed by atoms with van der Waals surface area (Å²) < 4.78 is 1.99. The summed E-state index contributed by atoms with van der Waals surface area (Å²) in [6.45, 7) is 2.48. The summed E-state index contributed by atoms with van der Waals surface area (Å²) >= 11 is 0. The molecule has 8 heteroatoms. The number of aryl methyl sites for hydroxylation is 2. The normalized spacial score (nSPS) is 11.2. The summed E-state index contributed by atoms with van der Waals surface area (Å²) in [5.74, 6) is 2.77. The molecule has 0 unspecified atom stereocenters. The van der Waals surface area contributed by atoms with Crippen molar-refractivity contribution in [3.63, 3.8) is 0 Å². The highest BCUT2D eigenvalue weighted by atomic mass is 15.3. The zero-order chi connectivity index (χ0) is 19.8. The lowest BCUT2D eigenvalue weighted by Gasteiger charge is -2.09. The first-order chi connectivity index (χ1) is 14.2. The van der Waals surface area contributed by atoms with Crippen molar-refractivity contribution in [2.75, 3.05) is 10.6 Å². The summed E-state index contributed by atoms with van der Waals surface area (Å²) in [5.41, 5.74) is 4.80. The molecule has 0 aliphatic heterocycles. The Morgan fingerprint density at radius 2 is 1.72 bits per heavy atom. The van der Waals surface area contributed by atoms with Gasteiger partial charge in [0.1, 0.15) is 11.6 Å². The van der Waals surface area contributed by atoms with E-state index in [0.717, 1.165) is 39.4 Å². The predicted molar refractivity (Wildman–Crippen MR) is 114 cm³/mol. The van der Waals surface area contributed by atoms with Gasteiger partial charge in [0.2, 0.25) is 11.9 Å². The van der Waals surface area contributed by atoms with Crippen LogP contribution in [0, 0.1) is 6.92 Å². The number of benzene rings is 2. The standard InChI is InChI=1S/C21H20N8/c1-13-11-18(22-12-19-24-14-7-3-4-8-15(14)25-19)27-20(23-13)28-21-26-16-9-5-6-10-17(16)29(21)2/h3-11H,12H2,1-2H3,(H,24,25)(H2,22,23,26,27,28). The molecule has 0 atom stereocenters. The number of para-hydroxylation sites is 4. The fourth-order valence-electron chi connectivity index (χ4n) is 3.34. The Labute approximate surface area is 167 Å². The topological polar surface area (TPSA) is 96.3 Å². The Kier molecular flexibility index (Phi) is 4.09. The van der Waals surface area contributed by atoms with Crippen LogP contribution in [0.3, 0.4) is 0 Å². The van der Waals surface area contributed by atoms with Gasteiger partial charge in [0.05, 0.1) is 28.6 Å². The van der Waals surface area contributed by atoms with Crippen molar-refractivity contribution < 1.29 is 0 Å². The minimum atomic E-state index is 0.496. The number of nitrogens with zero attached hydrogens (tertiary/aromatic N) is 5. The first-order valence-electron chi connectivity index (χ1n) is 9.37. The van der Waals surface area contributed by atoms with Gasteiger partial charge < -0.3 is 14.9 Å². The van der Waals surface area contributed by atoms with Crippen LogP contribution >= 0.6 is 0 Å². The van der Waals surface area contributed by atoms with E-state index >= 15 is 0 Å². The average molecular weight is 384 g/mol. The lowest BCUT2D eigenvalue weighted by atomic mass is 10.3. The molecule has 0 radical (unpaired) electrons. The maximum Gasteiger partial charge on any atom is 0.231 e. The molecule has 3 N–H and O–H groups in total. The van der Waals surface area contributed by atoms with E-state index in [1.165, 1.54) is 0 Å². The second kappa shape index (κ2) is 6.90. The Hall–Kier alpha value is -3.94. The number of anilines is 3. The van der Waals surface area contributed by atoms with Crippen LogP contribution in [0.25, 0.3) is 22.1 Å². The number of hydrogen-bond donors (Lipinski definition) is 3. The van der Waals surface area contributed by atoms with Crippen LogP contribution in [0.1, 0.15) is 11.5 Å². The molecule has 8 nitrogen and oxygen atoms in total. The lowest BCUT2D eigenvalue weighted by molar-refractivity contribution is 0.944. The second-order valence-electron chi connectivity index (χ2n) is 6.88. The Morgan fingerprint density at radius 3 is 2.55 bits per heavy atom. The van der Waals surface area contributed by atoms with Crippen molar-refractivity contribution in [2.24, 2.45) is 7.05 Å². The quantitative estimate of drug-likeness (QED) is 0.425. The minimum Gasteiger partial charge on any atom is -0.363 e. The highest BCUT2D eigenvalue weighted by molar-refractivity contribution is 5.79. The average Bonchev–Trinajstić information content (AvgIpc) is 3.27. The van der Waals surface area contributed by atoms with E-state index in [4.69, 9.17) is 0 Å². The highest BCUT2D eigenvalue weighted by Crippen LogP contribution is 2.21. The SMILES string of the molecule is Cc1cc(NCc2nc3ccccc3[nH]2)nc(Nc2nc3ccccc3n2C)n1. The van der Waals surface area contributed by atoms with Gasteiger partial charge in [-0.1, -0.05) is 24.3 Å². The number of aromatic nitrogens is 6. The van der Waals surface area contributed by atoms with E-state index in [2.05, 4.69) is 35.6 Å². The molecular weight excluding hydrogens is 364 g/mol. The molecule has 0 bridgehead atoms. The molecule has 2 aromatic carbocycles. The van der Waals surface area contributed by atoms with Crippen LogP contribution < -0.4 is 10.6 Å². The maximum absolute atomic E-state index is 4.62. The summed E-state index contributed by atoms with van der Waals surface area (Å²) in [5, 5.41) is 6.55. The molecule has 144 valence electrons. The van der Waals surface area contributed by atoms with Gasteiger partial charge in [0.15, 0.2) is 0 Å². The van der Waals surface area contributed by atoms with Crippen LogP contribution in [0.5, 0.6) is 0 Å². The third-order valence-corrected chi connectivity index (χ3v) is 4.74. The molecule has 0 saturated heterocycles. The van der Waals surface area contributed by atoms with Crippen LogP contribution in [0.4, 0.5) is 17.7 Å². The molecule has 0 saturated carbocycles. The largest absolute Gasteiger partial charge is 0.363 e. The molecule has 0 fully saturated rings. The second-order valence-corrected chi connectivity index (χ2v) is 6.88. The third kappa shape index (κ3) is 3.36. The van der Waals surface area contributed by atoms with E-state index in [0.29, 0.717) is 18.4 Å². The van der Waals surface area contributed by atoms with Crippen LogP contribution in [0.2, 0.25) is 0 Å². The van der Waals surface area contributed by atoms with Gasteiger partial charge in [-0.15, -0.1) is 0 Å². The summed E-state index contributed by atoms with van der Waals surface area (Å²) in [7, 11) is 1.97. The van der Waals surface area contributed by atoms with E-state index in [1.807, 2.05) is 73.1 Å². The van der Waals surface area contributed by atoms with Gasteiger partial charge in [-0.3, -0.25) is 5.32 Å². The summed E-state index contributed by atoms with van der Waals surface area (Å²) in [6.07, 6.45) is 0. The number of hydrogen-bond acceptors (Lipinski definition) is 6. The smallest absolute Gasteiger partial charge is 0.231 e. The van der Waals surface area contributed by atoms with Crippen molar-refractivity contribution in [3.8, 4) is 0 Å². The molecule has 29 heavy (non-hydrogen) atoms. The van der Waals surface area contributed by atoms with Crippen molar-refractivity contribution in [2.45, 2.75) is 13.5 Å². The van der Waals surface area contributed by atoms with Gasteiger partial charge in [-0.2, -0.15) is 4.98 Å². The Morgan fingerprint density at radius 1 is 0.931 bits per heavy atom. The van der Waals surface area contributed by atoms with E-state index in [9.17, 15) is 0 Å². The number of imidazole rings is 2. The molecule has 0 aliphatic carbocycles. The fraction of sp³-hybridized carbons (Fsp3) is 0.143. The van der Waals surface area contributed by atoms with Crippen LogP contribution in [-0.2, 0) is 13.6 Å². The molecule has 0 amide bonds. The first-order valence-corrected chi connectivity index (χ1v) is 9.37. The zero-order valence-electron chi connectivity index (χ0n) is 16.1. The van der Waals surface area contributed by atoms with Gasteiger partial charge in [-0.25, -0.2) is 15.0 Å². The zero-order valence-corrected chi connectivity index (χ0v) is 16.1. The molecule has 5 rings (SSSR count). The molecule has 3 aromatic heterocycles. The van der Waals surface area contributed by atoms with Gasteiger partial charge >= 0.3 is 0 Å². The molecule has 0 spiro atoms. The van der Waals surface area contributed by atoms with Crippen LogP contribution in [-0.4, -0.2) is 29.5 Å². The number of aromatic amines is 1. The number of fused-ring (bicyclic) bond motifs is 2. The first kappa shape index (κ1) is 17.2. The fourth-order valence-corrected chi connectivity index (χ4v) is 3.34. The van der Waals surface area contributed by atoms with Crippen molar-refractivity contribution in [1.29, 1.82) is 0 Å². The van der Waals surface area contributed by atoms with Crippen molar-refractivity contribution in [1.82, 2.24) is 29.5 Å². The van der Waals surface area contributed by atoms with Gasteiger partial charge in [0, 0.05) is 18.8 Å².